The Morgan fingerprint density at radius 3 is 2.56 bits per heavy atom. The predicted molar refractivity (Wildman–Crippen MR) is 120 cm³/mol. The van der Waals surface area contributed by atoms with E-state index in [1.165, 1.54) is 30.3 Å². The van der Waals surface area contributed by atoms with Gasteiger partial charge in [0.2, 0.25) is 0 Å². The first-order valence-corrected chi connectivity index (χ1v) is 10.1. The van der Waals surface area contributed by atoms with Crippen molar-refractivity contribution in [3.63, 3.8) is 0 Å². The minimum atomic E-state index is -2.95. The lowest BCUT2D eigenvalue weighted by Crippen LogP contribution is -2.03. The number of halogens is 3. The molecule has 7 heteroatoms. The maximum Gasteiger partial charge on any atom is 0.387 e. The first-order valence-electron chi connectivity index (χ1n) is 9.69. The lowest BCUT2D eigenvalue weighted by atomic mass is 10.1. The van der Waals surface area contributed by atoms with Crippen LogP contribution in [-0.4, -0.2) is 19.5 Å². The molecule has 0 spiro atoms. The second kappa shape index (κ2) is 10.8. The monoisotopic (exact) mass is 458 g/mol. The van der Waals surface area contributed by atoms with Crippen molar-refractivity contribution >= 4 is 23.5 Å². The van der Waals surface area contributed by atoms with Crippen LogP contribution in [0, 0.1) is 6.92 Å². The quantitative estimate of drug-likeness (QED) is 0.263. The summed E-state index contributed by atoms with van der Waals surface area (Å²) in [6.07, 6.45) is 3.00. The Morgan fingerprint density at radius 1 is 1.06 bits per heavy atom. The summed E-state index contributed by atoms with van der Waals surface area (Å²) in [6.45, 7) is -0.794. The number of methoxy groups -OCH3 is 1. The number of ether oxygens (including phenoxy) is 3. The highest BCUT2D eigenvalue weighted by atomic mass is 35.5. The summed E-state index contributed by atoms with van der Waals surface area (Å²) >= 11 is 6.23. The molecule has 0 aliphatic carbocycles. The molecule has 0 atom stereocenters. The van der Waals surface area contributed by atoms with Crippen molar-refractivity contribution < 1.29 is 27.8 Å². The summed E-state index contributed by atoms with van der Waals surface area (Å²) < 4.78 is 40.3. The standard InChI is InChI=1S/C25H21ClF2O4/c1-16-6-10-24(21(26)12-16)31-15-19-13-17(8-11-23(19)30-2)7-9-22(29)18-4-3-5-20(14-18)32-25(27)28/h3-14,25H,15H2,1-2H3/b9-7+. The molecule has 0 saturated carbocycles. The van der Waals surface area contributed by atoms with E-state index in [0.717, 1.165) is 16.7 Å². The maximum absolute atomic E-state index is 12.4. The fourth-order valence-electron chi connectivity index (χ4n) is 2.99. The molecule has 3 aromatic rings. The molecule has 3 aromatic carbocycles. The third-order valence-electron chi connectivity index (χ3n) is 4.55. The van der Waals surface area contributed by atoms with E-state index >= 15 is 0 Å². The zero-order valence-corrected chi connectivity index (χ0v) is 18.2. The van der Waals surface area contributed by atoms with Gasteiger partial charge >= 0.3 is 6.61 Å². The number of hydrogen-bond donors (Lipinski definition) is 0. The molecule has 0 N–H and O–H groups in total. The largest absolute Gasteiger partial charge is 0.496 e. The fraction of sp³-hybridized carbons (Fsp3) is 0.160. The van der Waals surface area contributed by atoms with Crippen molar-refractivity contribution in [3.8, 4) is 17.2 Å². The van der Waals surface area contributed by atoms with E-state index in [2.05, 4.69) is 4.74 Å². The van der Waals surface area contributed by atoms with Gasteiger partial charge in [0.1, 0.15) is 23.9 Å². The number of hydrogen-bond acceptors (Lipinski definition) is 4. The zero-order chi connectivity index (χ0) is 23.1. The van der Waals surface area contributed by atoms with Gasteiger partial charge in [0.25, 0.3) is 0 Å². The van der Waals surface area contributed by atoms with Gasteiger partial charge in [-0.05, 0) is 60.5 Å². The lowest BCUT2D eigenvalue weighted by molar-refractivity contribution is -0.0498. The highest BCUT2D eigenvalue weighted by Gasteiger charge is 2.09. The van der Waals surface area contributed by atoms with Gasteiger partial charge in [0.15, 0.2) is 5.78 Å². The number of ketones is 1. The highest BCUT2D eigenvalue weighted by Crippen LogP contribution is 2.28. The van der Waals surface area contributed by atoms with Crippen LogP contribution in [0.5, 0.6) is 17.2 Å². The van der Waals surface area contributed by atoms with Gasteiger partial charge < -0.3 is 14.2 Å². The van der Waals surface area contributed by atoms with Crippen LogP contribution in [0.25, 0.3) is 6.08 Å². The number of alkyl halides is 2. The molecule has 32 heavy (non-hydrogen) atoms. The SMILES string of the molecule is COc1ccc(/C=C/C(=O)c2cccc(OC(F)F)c2)cc1COc1ccc(C)cc1Cl. The number of carbonyl (C=O) groups is 1. The highest BCUT2D eigenvalue weighted by molar-refractivity contribution is 6.32. The fourth-order valence-corrected chi connectivity index (χ4v) is 3.28. The topological polar surface area (TPSA) is 44.8 Å². The third-order valence-corrected chi connectivity index (χ3v) is 4.84. The van der Waals surface area contributed by atoms with Crippen molar-refractivity contribution in [2.75, 3.05) is 7.11 Å². The molecule has 0 aliphatic rings. The Kier molecular flexibility index (Phi) is 7.84. The van der Waals surface area contributed by atoms with E-state index in [-0.39, 0.29) is 23.7 Å². The van der Waals surface area contributed by atoms with Crippen LogP contribution in [0.4, 0.5) is 8.78 Å². The molecular formula is C25H21ClF2O4. The van der Waals surface area contributed by atoms with E-state index in [9.17, 15) is 13.6 Å². The van der Waals surface area contributed by atoms with Crippen LogP contribution in [-0.2, 0) is 6.61 Å². The molecular weight excluding hydrogens is 438 g/mol. The molecule has 0 radical (unpaired) electrons. The molecule has 0 amide bonds. The second-order valence-corrected chi connectivity index (χ2v) is 7.30. The molecule has 0 unspecified atom stereocenters. The van der Waals surface area contributed by atoms with Crippen molar-refractivity contribution in [1.29, 1.82) is 0 Å². The molecule has 166 valence electrons. The number of allylic oxidation sites excluding steroid dienone is 1. The smallest absolute Gasteiger partial charge is 0.387 e. The van der Waals surface area contributed by atoms with Crippen molar-refractivity contribution in [2.45, 2.75) is 20.1 Å². The minimum Gasteiger partial charge on any atom is -0.496 e. The Labute approximate surface area is 190 Å². The molecule has 0 fully saturated rings. The predicted octanol–water partition coefficient (Wildman–Crippen LogP) is 6.73. The third kappa shape index (κ3) is 6.31. The van der Waals surface area contributed by atoms with E-state index in [1.54, 1.807) is 31.4 Å². The average Bonchev–Trinajstić information content (AvgIpc) is 2.76. The Bertz CT molecular complexity index is 1130. The van der Waals surface area contributed by atoms with Crippen molar-refractivity contribution in [1.82, 2.24) is 0 Å². The van der Waals surface area contributed by atoms with E-state index in [0.29, 0.717) is 16.5 Å². The van der Waals surface area contributed by atoms with Gasteiger partial charge in [-0.25, -0.2) is 0 Å². The first-order chi connectivity index (χ1) is 15.4. The van der Waals surface area contributed by atoms with E-state index in [4.69, 9.17) is 21.1 Å². The molecule has 0 heterocycles. The van der Waals surface area contributed by atoms with Gasteiger partial charge in [0, 0.05) is 11.1 Å². The van der Waals surface area contributed by atoms with Crippen LogP contribution in [0.1, 0.15) is 27.0 Å². The lowest BCUT2D eigenvalue weighted by Gasteiger charge is -2.12. The van der Waals surface area contributed by atoms with Crippen molar-refractivity contribution in [2.24, 2.45) is 0 Å². The minimum absolute atomic E-state index is 0.0714. The first kappa shape index (κ1) is 23.3. The maximum atomic E-state index is 12.4. The van der Waals surface area contributed by atoms with Crippen LogP contribution in [0.2, 0.25) is 5.02 Å². The van der Waals surface area contributed by atoms with Gasteiger partial charge in [0.05, 0.1) is 12.1 Å². The van der Waals surface area contributed by atoms with E-state index in [1.807, 2.05) is 25.1 Å². The Morgan fingerprint density at radius 2 is 1.84 bits per heavy atom. The van der Waals surface area contributed by atoms with Crippen LogP contribution >= 0.6 is 11.6 Å². The molecule has 0 aromatic heterocycles. The summed E-state index contributed by atoms with van der Waals surface area (Å²) in [7, 11) is 1.56. The van der Waals surface area contributed by atoms with Gasteiger partial charge in [-0.3, -0.25) is 4.79 Å². The summed E-state index contributed by atoms with van der Waals surface area (Å²) in [6, 6.07) is 16.6. The molecule has 0 aliphatic heterocycles. The van der Waals surface area contributed by atoms with E-state index < -0.39 is 6.61 Å². The second-order valence-electron chi connectivity index (χ2n) is 6.90. The zero-order valence-electron chi connectivity index (χ0n) is 17.5. The number of aryl methyl sites for hydroxylation is 1. The van der Waals surface area contributed by atoms with Crippen LogP contribution in [0.3, 0.4) is 0 Å². The number of benzene rings is 3. The van der Waals surface area contributed by atoms with Crippen LogP contribution in [0.15, 0.2) is 66.7 Å². The summed E-state index contributed by atoms with van der Waals surface area (Å²) in [5, 5.41) is 0.517. The summed E-state index contributed by atoms with van der Waals surface area (Å²) in [4.78, 5) is 12.4. The van der Waals surface area contributed by atoms with Crippen molar-refractivity contribution in [3.05, 3.63) is 94.0 Å². The van der Waals surface area contributed by atoms with Crippen LogP contribution < -0.4 is 14.2 Å². The normalized spacial score (nSPS) is 11.1. The molecule has 0 saturated heterocycles. The average molecular weight is 459 g/mol. The summed E-state index contributed by atoms with van der Waals surface area (Å²) in [5.41, 5.74) is 2.78. The molecule has 4 nitrogen and oxygen atoms in total. The molecule has 3 rings (SSSR count). The Balaban J connectivity index is 1.74. The number of rotatable bonds is 9. The summed E-state index contributed by atoms with van der Waals surface area (Å²) in [5.74, 6) is 0.776. The van der Waals surface area contributed by atoms with Gasteiger partial charge in [-0.1, -0.05) is 41.9 Å². The van der Waals surface area contributed by atoms with Gasteiger partial charge in [-0.2, -0.15) is 8.78 Å². The Hall–Kier alpha value is -3.38. The molecule has 0 bridgehead atoms. The van der Waals surface area contributed by atoms with Gasteiger partial charge in [-0.15, -0.1) is 0 Å². The number of carbonyl (C=O) groups excluding carboxylic acids is 1.